The van der Waals surface area contributed by atoms with Crippen LogP contribution in [0.1, 0.15) is 13.3 Å². The third-order valence-electron chi connectivity index (χ3n) is 1.33. The summed E-state index contributed by atoms with van der Waals surface area (Å²) in [5, 5.41) is 0. The van der Waals surface area contributed by atoms with E-state index in [2.05, 4.69) is 0 Å². The number of hydrogen-bond acceptors (Lipinski definition) is 2. The Hall–Kier alpha value is -0.150. The number of rotatable bonds is 2. The Morgan fingerprint density at radius 1 is 1.56 bits per heavy atom. The van der Waals surface area contributed by atoms with Crippen LogP contribution in [0.5, 0.6) is 0 Å². The lowest BCUT2D eigenvalue weighted by Gasteiger charge is -2.11. The van der Waals surface area contributed by atoms with Crippen molar-refractivity contribution in [2.75, 3.05) is 13.2 Å². The molecule has 0 amide bonds. The minimum atomic E-state index is -0.951. The Morgan fingerprint density at radius 3 is 2.56 bits per heavy atom. The Labute approximate surface area is 54.0 Å². The fourth-order valence-electron chi connectivity index (χ4n) is 0.778. The van der Waals surface area contributed by atoms with Gasteiger partial charge in [0.25, 0.3) is 0 Å². The van der Waals surface area contributed by atoms with Crippen LogP contribution in [-0.2, 0) is 9.47 Å². The van der Waals surface area contributed by atoms with E-state index in [4.69, 9.17) is 9.47 Å². The van der Waals surface area contributed by atoms with Gasteiger partial charge in [0.15, 0.2) is 12.5 Å². The van der Waals surface area contributed by atoms with Crippen LogP contribution in [0.2, 0.25) is 0 Å². The molecule has 3 heteroatoms. The van der Waals surface area contributed by atoms with E-state index in [0.717, 1.165) is 0 Å². The highest BCUT2D eigenvalue weighted by atomic mass is 19.1. The van der Waals surface area contributed by atoms with Crippen LogP contribution in [0, 0.1) is 0 Å². The monoisotopic (exact) mass is 134 g/mol. The van der Waals surface area contributed by atoms with Crippen molar-refractivity contribution in [2.45, 2.75) is 25.8 Å². The molecule has 0 aromatic heterocycles. The molecule has 1 rings (SSSR count). The van der Waals surface area contributed by atoms with E-state index in [1.807, 2.05) is 0 Å². The zero-order valence-corrected chi connectivity index (χ0v) is 5.47. The van der Waals surface area contributed by atoms with Gasteiger partial charge < -0.3 is 9.47 Å². The van der Waals surface area contributed by atoms with Gasteiger partial charge in [0.1, 0.15) is 0 Å². The van der Waals surface area contributed by atoms with Crippen molar-refractivity contribution in [3.63, 3.8) is 0 Å². The van der Waals surface area contributed by atoms with Gasteiger partial charge in [-0.2, -0.15) is 0 Å². The lowest BCUT2D eigenvalue weighted by Crippen LogP contribution is -2.21. The normalized spacial score (nSPS) is 24.7. The van der Waals surface area contributed by atoms with Gasteiger partial charge in [-0.05, 0) is 6.42 Å². The lowest BCUT2D eigenvalue weighted by molar-refractivity contribution is -0.0931. The molecular formula is C6H11FO2. The van der Waals surface area contributed by atoms with Crippen molar-refractivity contribution >= 4 is 0 Å². The lowest BCUT2D eigenvalue weighted by atomic mass is 10.3. The van der Waals surface area contributed by atoms with E-state index in [-0.39, 0.29) is 0 Å². The molecule has 0 spiro atoms. The van der Waals surface area contributed by atoms with Gasteiger partial charge in [-0.15, -0.1) is 0 Å². The molecular weight excluding hydrogens is 123 g/mol. The topological polar surface area (TPSA) is 18.5 Å². The molecule has 1 fully saturated rings. The molecule has 0 N–H and O–H groups in total. The molecule has 0 radical (unpaired) electrons. The number of hydrogen-bond donors (Lipinski definition) is 0. The average Bonchev–Trinajstić information content (AvgIpc) is 2.37. The first-order valence-electron chi connectivity index (χ1n) is 3.22. The van der Waals surface area contributed by atoms with Crippen molar-refractivity contribution in [2.24, 2.45) is 0 Å². The summed E-state index contributed by atoms with van der Waals surface area (Å²) in [5.41, 5.74) is 0. The van der Waals surface area contributed by atoms with E-state index in [9.17, 15) is 4.39 Å². The zero-order chi connectivity index (χ0) is 6.69. The summed E-state index contributed by atoms with van der Waals surface area (Å²) in [5.74, 6) is 0. The van der Waals surface area contributed by atoms with Gasteiger partial charge >= 0.3 is 0 Å². The molecule has 0 aliphatic carbocycles. The summed E-state index contributed by atoms with van der Waals surface area (Å²) in [6.45, 7) is 2.84. The van der Waals surface area contributed by atoms with Crippen molar-refractivity contribution in [1.29, 1.82) is 0 Å². The molecule has 54 valence electrons. The molecule has 1 saturated heterocycles. The molecule has 1 atom stereocenters. The summed E-state index contributed by atoms with van der Waals surface area (Å²) >= 11 is 0. The smallest absolute Gasteiger partial charge is 0.188 e. The second kappa shape index (κ2) is 3.13. The molecule has 0 aromatic rings. The second-order valence-corrected chi connectivity index (χ2v) is 2.03. The quantitative estimate of drug-likeness (QED) is 0.563. The molecule has 1 heterocycles. The first-order chi connectivity index (χ1) is 4.34. The number of alkyl halides is 1. The third-order valence-corrected chi connectivity index (χ3v) is 1.33. The highest BCUT2D eigenvalue weighted by Gasteiger charge is 2.24. The van der Waals surface area contributed by atoms with E-state index >= 15 is 0 Å². The molecule has 0 aromatic carbocycles. The third kappa shape index (κ3) is 1.63. The largest absolute Gasteiger partial charge is 0.347 e. The average molecular weight is 134 g/mol. The fourth-order valence-corrected chi connectivity index (χ4v) is 0.778. The van der Waals surface area contributed by atoms with Gasteiger partial charge in [-0.25, -0.2) is 4.39 Å². The SMILES string of the molecule is CCC(F)C1OCCO1. The van der Waals surface area contributed by atoms with Crippen LogP contribution < -0.4 is 0 Å². The predicted molar refractivity (Wildman–Crippen MR) is 30.9 cm³/mol. The summed E-state index contributed by atoms with van der Waals surface area (Å²) < 4.78 is 22.4. The molecule has 1 unspecified atom stereocenters. The predicted octanol–water partition coefficient (Wildman–Crippen LogP) is 1.11. The maximum absolute atomic E-state index is 12.6. The Bertz CT molecular complexity index is 81.1. The van der Waals surface area contributed by atoms with Crippen LogP contribution in [0.3, 0.4) is 0 Å². The van der Waals surface area contributed by atoms with Gasteiger partial charge in [0.05, 0.1) is 13.2 Å². The fraction of sp³-hybridized carbons (Fsp3) is 1.00. The van der Waals surface area contributed by atoms with E-state index in [1.54, 1.807) is 6.92 Å². The van der Waals surface area contributed by atoms with Gasteiger partial charge in [-0.3, -0.25) is 0 Å². The zero-order valence-electron chi connectivity index (χ0n) is 5.47. The van der Waals surface area contributed by atoms with Crippen molar-refractivity contribution in [1.82, 2.24) is 0 Å². The molecule has 9 heavy (non-hydrogen) atoms. The first-order valence-corrected chi connectivity index (χ1v) is 3.22. The highest BCUT2D eigenvalue weighted by molar-refractivity contribution is 4.61. The molecule has 2 nitrogen and oxygen atoms in total. The number of halogens is 1. The van der Waals surface area contributed by atoms with Crippen molar-refractivity contribution < 1.29 is 13.9 Å². The Morgan fingerprint density at radius 2 is 2.11 bits per heavy atom. The first kappa shape index (κ1) is 6.96. The summed E-state index contributed by atoms with van der Waals surface area (Å²) in [6.07, 6.45) is -1.08. The molecule has 1 aliphatic heterocycles. The number of ether oxygens (including phenoxy) is 2. The summed E-state index contributed by atoms with van der Waals surface area (Å²) in [6, 6.07) is 0. The van der Waals surface area contributed by atoms with Crippen molar-refractivity contribution in [3.05, 3.63) is 0 Å². The van der Waals surface area contributed by atoms with Crippen LogP contribution in [0.15, 0.2) is 0 Å². The molecule has 0 saturated carbocycles. The summed E-state index contributed by atoms with van der Waals surface area (Å²) in [7, 11) is 0. The van der Waals surface area contributed by atoms with Crippen molar-refractivity contribution in [3.8, 4) is 0 Å². The summed E-state index contributed by atoms with van der Waals surface area (Å²) in [4.78, 5) is 0. The second-order valence-electron chi connectivity index (χ2n) is 2.03. The van der Waals surface area contributed by atoms with Gasteiger partial charge in [0.2, 0.25) is 0 Å². The minimum Gasteiger partial charge on any atom is -0.347 e. The molecule has 1 aliphatic rings. The minimum absolute atomic E-state index is 0.463. The van der Waals surface area contributed by atoms with Crippen LogP contribution in [-0.4, -0.2) is 25.7 Å². The maximum atomic E-state index is 12.6. The van der Waals surface area contributed by atoms with E-state index in [0.29, 0.717) is 19.6 Å². The maximum Gasteiger partial charge on any atom is 0.188 e. The van der Waals surface area contributed by atoms with E-state index < -0.39 is 12.5 Å². The standard InChI is InChI=1S/C6H11FO2/c1-2-5(7)6-8-3-4-9-6/h5-6H,2-4H2,1H3. The molecule has 0 bridgehead atoms. The van der Waals surface area contributed by atoms with Gasteiger partial charge in [0, 0.05) is 0 Å². The Balaban J connectivity index is 2.24. The highest BCUT2D eigenvalue weighted by Crippen LogP contribution is 2.13. The van der Waals surface area contributed by atoms with Crippen LogP contribution >= 0.6 is 0 Å². The van der Waals surface area contributed by atoms with Crippen LogP contribution in [0.25, 0.3) is 0 Å². The Kier molecular flexibility index (Phi) is 2.42. The van der Waals surface area contributed by atoms with Crippen LogP contribution in [0.4, 0.5) is 4.39 Å². The van der Waals surface area contributed by atoms with Gasteiger partial charge in [-0.1, -0.05) is 6.92 Å². The van der Waals surface area contributed by atoms with E-state index in [1.165, 1.54) is 0 Å².